The molecule has 128 valence electrons. The molecule has 1 atom stereocenters. The molecule has 0 aliphatic carbocycles. The number of ether oxygens (including phenoxy) is 1. The molecule has 0 bridgehead atoms. The van der Waals surface area contributed by atoms with Crippen LogP contribution in [0.1, 0.15) is 43.5 Å². The van der Waals surface area contributed by atoms with Gasteiger partial charge in [0.15, 0.2) is 0 Å². The predicted molar refractivity (Wildman–Crippen MR) is 88.2 cm³/mol. The highest BCUT2D eigenvalue weighted by Gasteiger charge is 2.27. The van der Waals surface area contributed by atoms with E-state index in [4.69, 9.17) is 4.74 Å². The van der Waals surface area contributed by atoms with E-state index in [0.29, 0.717) is 24.4 Å². The normalized spacial score (nSPS) is 18.7. The fourth-order valence-electron chi connectivity index (χ4n) is 2.85. The Labute approximate surface area is 137 Å². The van der Waals surface area contributed by atoms with Gasteiger partial charge >= 0.3 is 0 Å². The molecule has 1 aromatic carbocycles. The standard InChI is InChI=1S/C16H24N2O4S/c1-4-17-23(20,21)13-8-9-15(22-3)14(11-13)16(19)18-10-6-5-7-12(18)2/h8-9,11-12,17H,4-7,10H2,1-3H3. The summed E-state index contributed by atoms with van der Waals surface area (Å²) in [5.41, 5.74) is 0.292. The molecule has 1 unspecified atom stereocenters. The van der Waals surface area contributed by atoms with E-state index >= 15 is 0 Å². The van der Waals surface area contributed by atoms with Crippen molar-refractivity contribution in [3.05, 3.63) is 23.8 Å². The number of carbonyl (C=O) groups is 1. The fraction of sp³-hybridized carbons (Fsp3) is 0.562. The lowest BCUT2D eigenvalue weighted by Crippen LogP contribution is -2.42. The van der Waals surface area contributed by atoms with Crippen LogP contribution in [0, 0.1) is 0 Å². The Hall–Kier alpha value is -1.60. The van der Waals surface area contributed by atoms with E-state index in [0.717, 1.165) is 19.3 Å². The summed E-state index contributed by atoms with van der Waals surface area (Å²) in [4.78, 5) is 14.7. The van der Waals surface area contributed by atoms with Gasteiger partial charge in [-0.2, -0.15) is 0 Å². The summed E-state index contributed by atoms with van der Waals surface area (Å²) in [6.07, 6.45) is 3.04. The summed E-state index contributed by atoms with van der Waals surface area (Å²) in [6, 6.07) is 4.54. The topological polar surface area (TPSA) is 75.7 Å². The SMILES string of the molecule is CCNS(=O)(=O)c1ccc(OC)c(C(=O)N2CCCCC2C)c1. The van der Waals surface area contributed by atoms with Crippen LogP contribution in [0.2, 0.25) is 0 Å². The van der Waals surface area contributed by atoms with Gasteiger partial charge < -0.3 is 9.64 Å². The molecule has 1 fully saturated rings. The predicted octanol–water partition coefficient (Wildman–Crippen LogP) is 2.01. The van der Waals surface area contributed by atoms with Gasteiger partial charge in [-0.25, -0.2) is 13.1 Å². The molecule has 0 saturated carbocycles. The van der Waals surface area contributed by atoms with Crippen molar-refractivity contribution in [3.8, 4) is 5.75 Å². The van der Waals surface area contributed by atoms with Gasteiger partial charge in [-0.3, -0.25) is 4.79 Å². The molecule has 1 N–H and O–H groups in total. The van der Waals surface area contributed by atoms with Crippen molar-refractivity contribution in [2.45, 2.75) is 44.0 Å². The molecule has 1 aliphatic rings. The summed E-state index contributed by atoms with van der Waals surface area (Å²) < 4.78 is 32.0. The van der Waals surface area contributed by atoms with Gasteiger partial charge in [0, 0.05) is 19.1 Å². The van der Waals surface area contributed by atoms with E-state index in [9.17, 15) is 13.2 Å². The molecule has 2 rings (SSSR count). The van der Waals surface area contributed by atoms with Crippen molar-refractivity contribution in [1.82, 2.24) is 9.62 Å². The molecule has 1 aliphatic heterocycles. The van der Waals surface area contributed by atoms with E-state index in [1.54, 1.807) is 11.8 Å². The number of hydrogen-bond acceptors (Lipinski definition) is 4. The molecule has 23 heavy (non-hydrogen) atoms. The third kappa shape index (κ3) is 3.84. The van der Waals surface area contributed by atoms with Crippen LogP contribution >= 0.6 is 0 Å². The molecule has 6 nitrogen and oxygen atoms in total. The fourth-order valence-corrected chi connectivity index (χ4v) is 3.92. The number of likely N-dealkylation sites (tertiary alicyclic amines) is 1. The Morgan fingerprint density at radius 2 is 2.13 bits per heavy atom. The molecule has 1 aromatic rings. The van der Waals surface area contributed by atoms with Crippen molar-refractivity contribution in [3.63, 3.8) is 0 Å². The van der Waals surface area contributed by atoms with Crippen LogP contribution in [0.25, 0.3) is 0 Å². The third-order valence-corrected chi connectivity index (χ3v) is 5.65. The minimum absolute atomic E-state index is 0.0770. The molecular formula is C16H24N2O4S. The minimum atomic E-state index is -3.61. The van der Waals surface area contributed by atoms with Crippen molar-refractivity contribution in [1.29, 1.82) is 0 Å². The first-order chi connectivity index (χ1) is 10.9. The first-order valence-electron chi connectivity index (χ1n) is 7.89. The number of carbonyl (C=O) groups excluding carboxylic acids is 1. The van der Waals surface area contributed by atoms with E-state index in [2.05, 4.69) is 4.72 Å². The zero-order chi connectivity index (χ0) is 17.0. The first kappa shape index (κ1) is 17.7. The van der Waals surface area contributed by atoms with Crippen molar-refractivity contribution in [2.24, 2.45) is 0 Å². The summed E-state index contributed by atoms with van der Waals surface area (Å²) >= 11 is 0. The molecule has 0 spiro atoms. The van der Waals surface area contributed by atoms with Crippen LogP contribution in [0.3, 0.4) is 0 Å². The number of hydrogen-bond donors (Lipinski definition) is 1. The summed E-state index contributed by atoms with van der Waals surface area (Å²) in [5, 5.41) is 0. The number of methoxy groups -OCH3 is 1. The van der Waals surface area contributed by atoms with Gasteiger partial charge in [-0.1, -0.05) is 6.92 Å². The van der Waals surface area contributed by atoms with Crippen LogP contribution in [-0.4, -0.2) is 45.5 Å². The number of nitrogens with one attached hydrogen (secondary N) is 1. The first-order valence-corrected chi connectivity index (χ1v) is 9.37. The summed E-state index contributed by atoms with van der Waals surface area (Å²) in [6.45, 7) is 4.71. The van der Waals surface area contributed by atoms with Gasteiger partial charge in [-0.05, 0) is 44.4 Å². The van der Waals surface area contributed by atoms with Gasteiger partial charge in [-0.15, -0.1) is 0 Å². The van der Waals surface area contributed by atoms with Crippen LogP contribution in [0.4, 0.5) is 0 Å². The second-order valence-corrected chi connectivity index (χ2v) is 7.47. The molecule has 7 heteroatoms. The maximum atomic E-state index is 12.9. The monoisotopic (exact) mass is 340 g/mol. The van der Waals surface area contributed by atoms with Crippen LogP contribution in [0.15, 0.2) is 23.1 Å². The third-order valence-electron chi connectivity index (χ3n) is 4.11. The Bertz CT molecular complexity index is 673. The average Bonchev–Trinajstić information content (AvgIpc) is 2.54. The number of amides is 1. The highest BCUT2D eigenvalue weighted by molar-refractivity contribution is 7.89. The lowest BCUT2D eigenvalue weighted by Gasteiger charge is -2.33. The van der Waals surface area contributed by atoms with E-state index in [-0.39, 0.29) is 16.8 Å². The Morgan fingerprint density at radius 1 is 1.39 bits per heavy atom. The van der Waals surface area contributed by atoms with Crippen molar-refractivity contribution < 1.29 is 17.9 Å². The number of benzene rings is 1. The second kappa shape index (κ2) is 7.31. The van der Waals surface area contributed by atoms with E-state index < -0.39 is 10.0 Å². The number of nitrogens with zero attached hydrogens (tertiary/aromatic N) is 1. The molecular weight excluding hydrogens is 316 g/mol. The summed E-state index contributed by atoms with van der Waals surface area (Å²) in [5.74, 6) is 0.214. The van der Waals surface area contributed by atoms with Crippen molar-refractivity contribution in [2.75, 3.05) is 20.2 Å². The van der Waals surface area contributed by atoms with Crippen LogP contribution in [-0.2, 0) is 10.0 Å². The number of sulfonamides is 1. The highest BCUT2D eigenvalue weighted by Crippen LogP contribution is 2.27. The Balaban J connectivity index is 2.41. The highest BCUT2D eigenvalue weighted by atomic mass is 32.2. The van der Waals surface area contributed by atoms with Crippen LogP contribution < -0.4 is 9.46 Å². The molecule has 1 saturated heterocycles. The van der Waals surface area contributed by atoms with E-state index in [1.807, 2.05) is 6.92 Å². The second-order valence-electron chi connectivity index (χ2n) is 5.71. The van der Waals surface area contributed by atoms with Gasteiger partial charge in [0.2, 0.25) is 10.0 Å². The quantitative estimate of drug-likeness (QED) is 0.889. The summed E-state index contributed by atoms with van der Waals surface area (Å²) in [7, 11) is -2.14. The number of rotatable bonds is 5. The number of piperidine rings is 1. The zero-order valence-corrected chi connectivity index (χ0v) is 14.6. The van der Waals surface area contributed by atoms with Gasteiger partial charge in [0.1, 0.15) is 5.75 Å². The lowest BCUT2D eigenvalue weighted by atomic mass is 10.0. The smallest absolute Gasteiger partial charge is 0.257 e. The Kier molecular flexibility index (Phi) is 5.64. The largest absolute Gasteiger partial charge is 0.496 e. The molecule has 1 heterocycles. The molecule has 1 amide bonds. The van der Waals surface area contributed by atoms with Gasteiger partial charge in [0.25, 0.3) is 5.91 Å². The maximum Gasteiger partial charge on any atom is 0.257 e. The Morgan fingerprint density at radius 3 is 2.74 bits per heavy atom. The lowest BCUT2D eigenvalue weighted by molar-refractivity contribution is 0.0632. The van der Waals surface area contributed by atoms with Crippen molar-refractivity contribution >= 4 is 15.9 Å². The minimum Gasteiger partial charge on any atom is -0.496 e. The van der Waals surface area contributed by atoms with E-state index in [1.165, 1.54) is 25.3 Å². The molecule has 0 aromatic heterocycles. The van der Waals surface area contributed by atoms with Gasteiger partial charge in [0.05, 0.1) is 17.6 Å². The molecule has 0 radical (unpaired) electrons. The zero-order valence-electron chi connectivity index (χ0n) is 13.8. The average molecular weight is 340 g/mol. The maximum absolute atomic E-state index is 12.9. The van der Waals surface area contributed by atoms with Crippen LogP contribution in [0.5, 0.6) is 5.75 Å².